The van der Waals surface area contributed by atoms with Crippen molar-refractivity contribution in [2.45, 2.75) is 41.5 Å². The molecule has 0 aliphatic heterocycles. The van der Waals surface area contributed by atoms with Gasteiger partial charge in [0.1, 0.15) is 0 Å². The van der Waals surface area contributed by atoms with E-state index >= 15 is 0 Å². The van der Waals surface area contributed by atoms with Crippen LogP contribution in [0.3, 0.4) is 0 Å². The number of aliphatic imine (C=N–C) groups is 1. The lowest BCUT2D eigenvalue weighted by atomic mass is 9.98. The minimum atomic E-state index is 1.11. The van der Waals surface area contributed by atoms with Crippen molar-refractivity contribution in [2.24, 2.45) is 4.99 Å². The molecule has 0 N–H and O–H groups in total. The summed E-state index contributed by atoms with van der Waals surface area (Å²) >= 11 is 0. The van der Waals surface area contributed by atoms with Gasteiger partial charge in [-0.2, -0.15) is 0 Å². The molecular weight excluding hydrogens is 170 g/mol. The molecule has 0 radical (unpaired) electrons. The Labute approximate surface area is 86.9 Å². The van der Waals surface area contributed by atoms with E-state index < -0.39 is 0 Å². The van der Waals surface area contributed by atoms with Gasteiger partial charge in [0.25, 0.3) is 0 Å². The second-order valence-electron chi connectivity index (χ2n) is 4.15. The van der Waals surface area contributed by atoms with E-state index in [1.54, 1.807) is 0 Å². The number of hydrogen-bond acceptors (Lipinski definition) is 1. The first kappa shape index (κ1) is 11.0. The Bertz CT molecular complexity index is 383. The molecule has 0 atom stereocenters. The molecule has 1 aromatic rings. The summed E-state index contributed by atoms with van der Waals surface area (Å²) in [5, 5.41) is 0. The van der Waals surface area contributed by atoms with Crippen LogP contribution in [0.4, 0.5) is 5.69 Å². The van der Waals surface area contributed by atoms with E-state index in [9.17, 15) is 0 Å². The zero-order valence-corrected chi connectivity index (χ0v) is 10.0. The highest BCUT2D eigenvalue weighted by molar-refractivity contribution is 5.82. The molecular formula is C13H19N. The number of hydrogen-bond donors (Lipinski definition) is 0. The molecule has 1 aromatic carbocycles. The summed E-state index contributed by atoms with van der Waals surface area (Å²) in [5.41, 5.74) is 7.60. The van der Waals surface area contributed by atoms with Crippen molar-refractivity contribution in [1.82, 2.24) is 0 Å². The van der Waals surface area contributed by atoms with Gasteiger partial charge in [0, 0.05) is 5.71 Å². The first-order valence-electron chi connectivity index (χ1n) is 5.02. The maximum absolute atomic E-state index is 4.54. The fourth-order valence-electron chi connectivity index (χ4n) is 1.55. The largest absolute Gasteiger partial charge is 0.258 e. The maximum atomic E-state index is 4.54. The lowest BCUT2D eigenvalue weighted by molar-refractivity contribution is 1.20. The van der Waals surface area contributed by atoms with Crippen molar-refractivity contribution >= 4 is 11.4 Å². The zero-order chi connectivity index (χ0) is 10.9. The summed E-state index contributed by atoms with van der Waals surface area (Å²) < 4.78 is 0. The van der Waals surface area contributed by atoms with Crippen molar-refractivity contribution in [1.29, 1.82) is 0 Å². The minimum absolute atomic E-state index is 1.11. The average Bonchev–Trinajstić information content (AvgIpc) is 2.10. The predicted molar refractivity (Wildman–Crippen MR) is 63.8 cm³/mol. The lowest BCUT2D eigenvalue weighted by Crippen LogP contribution is -1.92. The molecule has 1 heteroatoms. The van der Waals surface area contributed by atoms with Crippen LogP contribution in [-0.4, -0.2) is 5.71 Å². The fraction of sp³-hybridized carbons (Fsp3) is 0.462. The van der Waals surface area contributed by atoms with Crippen LogP contribution in [-0.2, 0) is 0 Å². The molecule has 0 heterocycles. The van der Waals surface area contributed by atoms with Crippen molar-refractivity contribution in [2.75, 3.05) is 0 Å². The van der Waals surface area contributed by atoms with Gasteiger partial charge >= 0.3 is 0 Å². The van der Waals surface area contributed by atoms with Gasteiger partial charge in [0.05, 0.1) is 5.69 Å². The van der Waals surface area contributed by atoms with Gasteiger partial charge in [-0.1, -0.05) is 0 Å². The predicted octanol–water partition coefficient (Wildman–Crippen LogP) is 4.03. The third-order valence-electron chi connectivity index (χ3n) is 2.80. The Balaban J connectivity index is 3.41. The van der Waals surface area contributed by atoms with Crippen LogP contribution in [0.5, 0.6) is 0 Å². The van der Waals surface area contributed by atoms with Crippen LogP contribution in [0.2, 0.25) is 0 Å². The summed E-state index contributed by atoms with van der Waals surface area (Å²) in [4.78, 5) is 4.54. The van der Waals surface area contributed by atoms with E-state index in [2.05, 4.69) is 38.8 Å². The van der Waals surface area contributed by atoms with Gasteiger partial charge < -0.3 is 0 Å². The van der Waals surface area contributed by atoms with Gasteiger partial charge in [0.2, 0.25) is 0 Å². The highest BCUT2D eigenvalue weighted by Crippen LogP contribution is 2.27. The molecule has 0 fully saturated rings. The molecule has 0 aromatic heterocycles. The van der Waals surface area contributed by atoms with Crippen molar-refractivity contribution in [3.8, 4) is 0 Å². The molecule has 0 aliphatic rings. The SMILES string of the molecule is CC(C)=Nc1cc(C)c(C)c(C)c1C. The van der Waals surface area contributed by atoms with E-state index in [4.69, 9.17) is 0 Å². The second kappa shape index (κ2) is 3.95. The Kier molecular flexibility index (Phi) is 3.10. The summed E-state index contributed by atoms with van der Waals surface area (Å²) in [6.07, 6.45) is 0. The van der Waals surface area contributed by atoms with E-state index in [1.807, 2.05) is 13.8 Å². The highest BCUT2D eigenvalue weighted by atomic mass is 14.7. The third kappa shape index (κ3) is 2.03. The summed E-state index contributed by atoms with van der Waals surface area (Å²) in [6.45, 7) is 12.7. The molecule has 0 bridgehead atoms. The molecule has 0 amide bonds. The lowest BCUT2D eigenvalue weighted by Gasteiger charge is -2.11. The van der Waals surface area contributed by atoms with Crippen molar-refractivity contribution in [3.05, 3.63) is 28.3 Å². The summed E-state index contributed by atoms with van der Waals surface area (Å²) in [5.74, 6) is 0. The van der Waals surface area contributed by atoms with Crippen LogP contribution in [0.1, 0.15) is 36.1 Å². The van der Waals surface area contributed by atoms with Crippen LogP contribution in [0.25, 0.3) is 0 Å². The van der Waals surface area contributed by atoms with Crippen LogP contribution < -0.4 is 0 Å². The molecule has 0 aliphatic carbocycles. The fourth-order valence-corrected chi connectivity index (χ4v) is 1.55. The Morgan fingerprint density at radius 2 is 1.50 bits per heavy atom. The molecule has 1 rings (SSSR count). The van der Waals surface area contributed by atoms with Crippen LogP contribution >= 0.6 is 0 Å². The zero-order valence-electron chi connectivity index (χ0n) is 10.0. The molecule has 76 valence electrons. The molecule has 0 spiro atoms. The Morgan fingerprint density at radius 3 is 2.00 bits per heavy atom. The van der Waals surface area contributed by atoms with Gasteiger partial charge in [-0.05, 0) is 69.9 Å². The summed E-state index contributed by atoms with van der Waals surface area (Å²) in [7, 11) is 0. The van der Waals surface area contributed by atoms with Gasteiger partial charge in [0.15, 0.2) is 0 Å². The molecule has 0 saturated heterocycles. The number of nitrogens with zero attached hydrogens (tertiary/aromatic N) is 1. The van der Waals surface area contributed by atoms with E-state index in [1.165, 1.54) is 22.3 Å². The molecule has 14 heavy (non-hydrogen) atoms. The molecule has 0 saturated carbocycles. The second-order valence-corrected chi connectivity index (χ2v) is 4.15. The van der Waals surface area contributed by atoms with Crippen molar-refractivity contribution in [3.63, 3.8) is 0 Å². The number of rotatable bonds is 1. The molecule has 0 unspecified atom stereocenters. The smallest absolute Gasteiger partial charge is 0.0663 e. The highest BCUT2D eigenvalue weighted by Gasteiger charge is 2.05. The van der Waals surface area contributed by atoms with Crippen molar-refractivity contribution < 1.29 is 0 Å². The molecule has 1 nitrogen and oxygen atoms in total. The summed E-state index contributed by atoms with van der Waals surface area (Å²) in [6, 6.07) is 2.17. The number of aryl methyl sites for hydroxylation is 1. The van der Waals surface area contributed by atoms with Gasteiger partial charge in [-0.3, -0.25) is 4.99 Å². The monoisotopic (exact) mass is 189 g/mol. The number of benzene rings is 1. The normalized spacial score (nSPS) is 10.1. The minimum Gasteiger partial charge on any atom is -0.258 e. The Morgan fingerprint density at radius 1 is 0.929 bits per heavy atom. The maximum Gasteiger partial charge on any atom is 0.0663 e. The first-order valence-corrected chi connectivity index (χ1v) is 5.02. The quantitative estimate of drug-likeness (QED) is 0.591. The van der Waals surface area contributed by atoms with Crippen LogP contribution in [0, 0.1) is 27.7 Å². The topological polar surface area (TPSA) is 12.4 Å². The first-order chi connectivity index (χ1) is 6.43. The average molecular weight is 189 g/mol. The van der Waals surface area contributed by atoms with E-state index in [0.717, 1.165) is 11.4 Å². The van der Waals surface area contributed by atoms with E-state index in [-0.39, 0.29) is 0 Å². The third-order valence-corrected chi connectivity index (χ3v) is 2.80. The Hall–Kier alpha value is -1.11. The van der Waals surface area contributed by atoms with E-state index in [0.29, 0.717) is 0 Å². The standard InChI is InChI=1S/C13H19N/c1-8(2)14-13-7-9(3)10(4)11(5)12(13)6/h7H,1-6H3. The van der Waals surface area contributed by atoms with Gasteiger partial charge in [-0.15, -0.1) is 0 Å². The van der Waals surface area contributed by atoms with Crippen LogP contribution in [0.15, 0.2) is 11.1 Å². The van der Waals surface area contributed by atoms with Gasteiger partial charge in [-0.25, -0.2) is 0 Å².